The minimum Gasteiger partial charge on any atom is -0.352 e. The summed E-state index contributed by atoms with van der Waals surface area (Å²) in [5.41, 5.74) is 5.09. The van der Waals surface area contributed by atoms with Crippen molar-refractivity contribution in [1.29, 1.82) is 0 Å². The molecule has 2 aromatic heterocycles. The maximum Gasteiger partial charge on any atom is 0.251 e. The van der Waals surface area contributed by atoms with Crippen molar-refractivity contribution in [1.82, 2.24) is 35.4 Å². The van der Waals surface area contributed by atoms with Gasteiger partial charge in [-0.1, -0.05) is 23.8 Å². The molecule has 1 aliphatic heterocycles. The van der Waals surface area contributed by atoms with E-state index in [1.165, 1.54) is 19.4 Å². The highest BCUT2D eigenvalue weighted by molar-refractivity contribution is 5.94. The van der Waals surface area contributed by atoms with Gasteiger partial charge in [0.2, 0.25) is 0 Å². The molecule has 2 aromatic carbocycles. The van der Waals surface area contributed by atoms with Crippen LogP contribution >= 0.6 is 0 Å². The number of aryl methyl sites for hydroxylation is 1. The lowest BCUT2D eigenvalue weighted by atomic mass is 10.1. The van der Waals surface area contributed by atoms with Gasteiger partial charge in [-0.05, 0) is 75.7 Å². The van der Waals surface area contributed by atoms with Crippen molar-refractivity contribution in [3.63, 3.8) is 0 Å². The number of H-pyrrole nitrogens is 1. The molecule has 1 unspecified atom stereocenters. The molecule has 1 amide bonds. The van der Waals surface area contributed by atoms with Crippen molar-refractivity contribution in [2.45, 2.75) is 39.2 Å². The second kappa shape index (κ2) is 9.15. The molecule has 0 radical (unpaired) electrons. The molecule has 170 valence electrons. The summed E-state index contributed by atoms with van der Waals surface area (Å²) in [6.45, 7) is 7.22. The van der Waals surface area contributed by atoms with E-state index >= 15 is 0 Å². The molecule has 8 nitrogen and oxygen atoms in total. The number of rotatable bonds is 7. The van der Waals surface area contributed by atoms with E-state index in [-0.39, 0.29) is 5.91 Å². The molecule has 33 heavy (non-hydrogen) atoms. The number of aromatic amines is 1. The largest absolute Gasteiger partial charge is 0.352 e. The van der Waals surface area contributed by atoms with E-state index in [1.807, 2.05) is 42.6 Å². The number of carbonyl (C=O) groups is 1. The summed E-state index contributed by atoms with van der Waals surface area (Å²) >= 11 is 0. The van der Waals surface area contributed by atoms with Gasteiger partial charge in [-0.2, -0.15) is 5.10 Å². The minimum absolute atomic E-state index is 0.0414. The Morgan fingerprint density at radius 3 is 2.88 bits per heavy atom. The first-order chi connectivity index (χ1) is 16.1. The molecule has 5 rings (SSSR count). The normalized spacial score (nSPS) is 16.5. The maximum atomic E-state index is 12.6. The molecule has 0 aliphatic carbocycles. The smallest absolute Gasteiger partial charge is 0.251 e. The van der Waals surface area contributed by atoms with Crippen molar-refractivity contribution < 1.29 is 4.79 Å². The van der Waals surface area contributed by atoms with E-state index in [9.17, 15) is 4.79 Å². The van der Waals surface area contributed by atoms with Gasteiger partial charge >= 0.3 is 0 Å². The fourth-order valence-electron chi connectivity index (χ4n) is 4.68. The highest BCUT2D eigenvalue weighted by Crippen LogP contribution is 2.26. The van der Waals surface area contributed by atoms with Gasteiger partial charge in [0.05, 0.1) is 17.4 Å². The Balaban J connectivity index is 1.24. The number of hydrogen-bond acceptors (Lipinski definition) is 5. The number of aromatic nitrogens is 5. The zero-order chi connectivity index (χ0) is 22.8. The summed E-state index contributed by atoms with van der Waals surface area (Å²) in [5.74, 6) is -0.0414. The number of amides is 1. The Bertz CT molecular complexity index is 1260. The molecule has 8 heteroatoms. The summed E-state index contributed by atoms with van der Waals surface area (Å²) in [7, 11) is 0. The average Bonchev–Trinajstić information content (AvgIpc) is 3.58. The second-order valence-corrected chi connectivity index (χ2v) is 8.69. The van der Waals surface area contributed by atoms with Gasteiger partial charge in [0.25, 0.3) is 5.91 Å². The van der Waals surface area contributed by atoms with Crippen LogP contribution in [0.25, 0.3) is 28.0 Å². The number of likely N-dealkylation sites (tertiary alicyclic amines) is 1. The number of fused-ring (bicyclic) bond motifs is 1. The fourth-order valence-corrected chi connectivity index (χ4v) is 4.68. The molecule has 2 N–H and O–H groups in total. The van der Waals surface area contributed by atoms with Crippen molar-refractivity contribution in [2.24, 2.45) is 0 Å². The standard InChI is InChI=1S/C25H29N7O/c1-3-31-14-4-5-19(31)12-13-26-25(33)18-7-9-20(10-8-18)32-16-23(28-30-32)24-21-15-17(2)6-11-22(21)27-29-24/h6-11,15-16,19H,3-5,12-14H2,1-2H3,(H,26,33)(H,27,29). The van der Waals surface area contributed by atoms with Crippen LogP contribution in [0.4, 0.5) is 0 Å². The zero-order valence-corrected chi connectivity index (χ0v) is 19.1. The summed E-state index contributed by atoms with van der Waals surface area (Å²) in [4.78, 5) is 15.1. The molecule has 1 atom stereocenters. The monoisotopic (exact) mass is 443 g/mol. The summed E-state index contributed by atoms with van der Waals surface area (Å²) in [5, 5.41) is 20.1. The van der Waals surface area contributed by atoms with Gasteiger partial charge in [-0.15, -0.1) is 5.10 Å². The van der Waals surface area contributed by atoms with Gasteiger partial charge in [0.15, 0.2) is 0 Å². The Kier molecular flexibility index (Phi) is 5.92. The van der Waals surface area contributed by atoms with E-state index in [4.69, 9.17) is 0 Å². The van der Waals surface area contributed by atoms with Gasteiger partial charge in [0, 0.05) is 23.5 Å². The predicted octanol–water partition coefficient (Wildman–Crippen LogP) is 3.72. The number of carbonyl (C=O) groups excluding carboxylic acids is 1. The van der Waals surface area contributed by atoms with Crippen LogP contribution in [0.3, 0.4) is 0 Å². The van der Waals surface area contributed by atoms with Crippen LogP contribution in [0.2, 0.25) is 0 Å². The van der Waals surface area contributed by atoms with Crippen LogP contribution in [0.15, 0.2) is 48.7 Å². The molecule has 0 saturated carbocycles. The van der Waals surface area contributed by atoms with Gasteiger partial charge in [-0.25, -0.2) is 4.68 Å². The first-order valence-corrected chi connectivity index (χ1v) is 11.6. The Labute approximate surface area is 193 Å². The third-order valence-electron chi connectivity index (χ3n) is 6.52. The number of nitrogens with one attached hydrogen (secondary N) is 2. The molecular formula is C25H29N7O. The maximum absolute atomic E-state index is 12.6. The van der Waals surface area contributed by atoms with Crippen molar-refractivity contribution in [3.8, 4) is 17.1 Å². The summed E-state index contributed by atoms with van der Waals surface area (Å²) in [6, 6.07) is 14.2. The van der Waals surface area contributed by atoms with Crippen LogP contribution < -0.4 is 5.32 Å². The molecule has 3 heterocycles. The van der Waals surface area contributed by atoms with E-state index in [2.05, 4.69) is 50.6 Å². The number of benzene rings is 2. The highest BCUT2D eigenvalue weighted by atomic mass is 16.1. The zero-order valence-electron chi connectivity index (χ0n) is 19.1. The van der Waals surface area contributed by atoms with Crippen molar-refractivity contribution in [2.75, 3.05) is 19.6 Å². The van der Waals surface area contributed by atoms with Crippen LogP contribution in [-0.4, -0.2) is 61.7 Å². The van der Waals surface area contributed by atoms with E-state index in [0.29, 0.717) is 23.8 Å². The van der Waals surface area contributed by atoms with Crippen LogP contribution in [0.1, 0.15) is 42.1 Å². The number of hydrogen-bond donors (Lipinski definition) is 2. The molecule has 1 saturated heterocycles. The SMILES string of the molecule is CCN1CCCC1CCNC(=O)c1ccc(-n2cc(-c3n[nH]c4ccc(C)cc34)nn2)cc1. The molecule has 4 aromatic rings. The average molecular weight is 444 g/mol. The van der Waals surface area contributed by atoms with E-state index < -0.39 is 0 Å². The molecular weight excluding hydrogens is 414 g/mol. The van der Waals surface area contributed by atoms with Crippen LogP contribution in [0, 0.1) is 6.92 Å². The van der Waals surface area contributed by atoms with Gasteiger partial charge < -0.3 is 10.2 Å². The molecule has 0 spiro atoms. The second-order valence-electron chi connectivity index (χ2n) is 8.69. The quantitative estimate of drug-likeness (QED) is 0.454. The first-order valence-electron chi connectivity index (χ1n) is 11.6. The minimum atomic E-state index is -0.0414. The first kappa shape index (κ1) is 21.3. The predicted molar refractivity (Wildman–Crippen MR) is 128 cm³/mol. The van der Waals surface area contributed by atoms with Crippen molar-refractivity contribution in [3.05, 3.63) is 59.8 Å². The lowest BCUT2D eigenvalue weighted by Gasteiger charge is -2.22. The molecule has 1 fully saturated rings. The summed E-state index contributed by atoms with van der Waals surface area (Å²) in [6.07, 6.45) is 5.34. The molecule has 0 bridgehead atoms. The van der Waals surface area contributed by atoms with Crippen molar-refractivity contribution >= 4 is 16.8 Å². The Hall–Kier alpha value is -3.52. The number of nitrogens with zero attached hydrogens (tertiary/aromatic N) is 5. The lowest BCUT2D eigenvalue weighted by Crippen LogP contribution is -2.33. The van der Waals surface area contributed by atoms with Crippen LogP contribution in [-0.2, 0) is 0 Å². The Morgan fingerprint density at radius 1 is 1.21 bits per heavy atom. The van der Waals surface area contributed by atoms with E-state index in [0.717, 1.165) is 40.8 Å². The topological polar surface area (TPSA) is 91.7 Å². The lowest BCUT2D eigenvalue weighted by molar-refractivity contribution is 0.0949. The van der Waals surface area contributed by atoms with E-state index in [1.54, 1.807) is 4.68 Å². The highest BCUT2D eigenvalue weighted by Gasteiger charge is 2.22. The summed E-state index contributed by atoms with van der Waals surface area (Å²) < 4.78 is 1.70. The fraction of sp³-hybridized carbons (Fsp3) is 0.360. The van der Waals surface area contributed by atoms with Crippen LogP contribution in [0.5, 0.6) is 0 Å². The molecule has 1 aliphatic rings. The van der Waals surface area contributed by atoms with Gasteiger partial charge in [0.1, 0.15) is 11.4 Å². The third kappa shape index (κ3) is 4.39. The Morgan fingerprint density at radius 2 is 2.06 bits per heavy atom. The van der Waals surface area contributed by atoms with Gasteiger partial charge in [-0.3, -0.25) is 9.89 Å². The third-order valence-corrected chi connectivity index (χ3v) is 6.52.